The van der Waals surface area contributed by atoms with Crippen molar-refractivity contribution in [2.45, 2.75) is 32.4 Å². The molecular formula is C18H27N5O2. The van der Waals surface area contributed by atoms with E-state index in [0.717, 1.165) is 31.2 Å². The maximum atomic E-state index is 10.7. The smallest absolute Gasteiger partial charge is 0.269 e. The first-order valence-electron chi connectivity index (χ1n) is 8.74. The maximum absolute atomic E-state index is 10.7. The van der Waals surface area contributed by atoms with E-state index in [2.05, 4.69) is 34.0 Å². The van der Waals surface area contributed by atoms with Gasteiger partial charge in [-0.2, -0.15) is 0 Å². The van der Waals surface area contributed by atoms with Crippen LogP contribution in [0.2, 0.25) is 0 Å². The summed E-state index contributed by atoms with van der Waals surface area (Å²) in [6, 6.07) is 7.03. The van der Waals surface area contributed by atoms with E-state index in [0.29, 0.717) is 19.1 Å². The predicted molar refractivity (Wildman–Crippen MR) is 101 cm³/mol. The van der Waals surface area contributed by atoms with Gasteiger partial charge in [0.2, 0.25) is 0 Å². The van der Waals surface area contributed by atoms with Gasteiger partial charge >= 0.3 is 0 Å². The summed E-state index contributed by atoms with van der Waals surface area (Å²) in [5, 5.41) is 17.3. The number of likely N-dealkylation sites (tertiary alicyclic amines) is 1. The lowest BCUT2D eigenvalue weighted by molar-refractivity contribution is -0.384. The highest BCUT2D eigenvalue weighted by Crippen LogP contribution is 2.15. The average molecular weight is 345 g/mol. The van der Waals surface area contributed by atoms with E-state index in [9.17, 15) is 10.1 Å². The number of guanidine groups is 1. The van der Waals surface area contributed by atoms with Gasteiger partial charge in [0.1, 0.15) is 0 Å². The summed E-state index contributed by atoms with van der Waals surface area (Å²) in [6.45, 7) is 10.1. The minimum absolute atomic E-state index is 0.0942. The highest BCUT2D eigenvalue weighted by atomic mass is 16.6. The predicted octanol–water partition coefficient (Wildman–Crippen LogP) is 2.30. The van der Waals surface area contributed by atoms with Gasteiger partial charge in [0.25, 0.3) is 5.69 Å². The SMILES string of the molecule is C=CCNC(=NCc1ccc([N+](=O)[O-])cc1)NCC1CCCN1CC. The number of rotatable bonds is 8. The zero-order chi connectivity index (χ0) is 18.1. The third kappa shape index (κ3) is 5.86. The Morgan fingerprint density at radius 3 is 2.84 bits per heavy atom. The molecular weight excluding hydrogens is 318 g/mol. The topological polar surface area (TPSA) is 82.8 Å². The van der Waals surface area contributed by atoms with Crippen LogP contribution in [0.15, 0.2) is 41.9 Å². The second kappa shape index (κ2) is 9.78. The zero-order valence-electron chi connectivity index (χ0n) is 14.8. The standard InChI is InChI=1S/C18H27N5O2/c1-3-11-19-18(21-14-17-6-5-12-22(17)4-2)20-13-15-7-9-16(10-8-15)23(24)25/h3,7-10,17H,1,4-6,11-14H2,2H3,(H2,19,20,21). The van der Waals surface area contributed by atoms with Crippen LogP contribution in [0.3, 0.4) is 0 Å². The van der Waals surface area contributed by atoms with E-state index in [-0.39, 0.29) is 5.69 Å². The molecule has 2 N–H and O–H groups in total. The maximum Gasteiger partial charge on any atom is 0.269 e. The lowest BCUT2D eigenvalue weighted by Gasteiger charge is -2.24. The number of non-ortho nitro benzene ring substituents is 1. The Kier molecular flexibility index (Phi) is 7.40. The van der Waals surface area contributed by atoms with E-state index in [1.165, 1.54) is 25.0 Å². The second-order valence-electron chi connectivity index (χ2n) is 6.06. The summed E-state index contributed by atoms with van der Waals surface area (Å²) in [5.41, 5.74) is 1.03. The van der Waals surface area contributed by atoms with E-state index in [1.807, 2.05) is 0 Å². The van der Waals surface area contributed by atoms with E-state index < -0.39 is 4.92 Å². The van der Waals surface area contributed by atoms with Gasteiger partial charge in [-0.15, -0.1) is 6.58 Å². The van der Waals surface area contributed by atoms with Crippen LogP contribution in [-0.4, -0.2) is 48.0 Å². The van der Waals surface area contributed by atoms with Crippen molar-refractivity contribution < 1.29 is 4.92 Å². The Bertz CT molecular complexity index is 600. The molecule has 25 heavy (non-hydrogen) atoms. The molecule has 1 unspecified atom stereocenters. The quantitative estimate of drug-likeness (QED) is 0.248. The molecule has 0 aromatic heterocycles. The molecule has 1 aromatic rings. The summed E-state index contributed by atoms with van der Waals surface area (Å²) in [6.07, 6.45) is 4.24. The summed E-state index contributed by atoms with van der Waals surface area (Å²) in [4.78, 5) is 17.4. The Balaban J connectivity index is 1.94. The fourth-order valence-electron chi connectivity index (χ4n) is 2.99. The Morgan fingerprint density at radius 1 is 1.44 bits per heavy atom. The molecule has 7 nitrogen and oxygen atoms in total. The molecule has 0 spiro atoms. The fourth-order valence-corrected chi connectivity index (χ4v) is 2.99. The molecule has 136 valence electrons. The number of nitrogens with one attached hydrogen (secondary N) is 2. The number of likely N-dealkylation sites (N-methyl/N-ethyl adjacent to an activating group) is 1. The number of hydrogen-bond donors (Lipinski definition) is 2. The molecule has 1 aliphatic heterocycles. The molecule has 1 heterocycles. The molecule has 0 amide bonds. The van der Waals surface area contributed by atoms with Crippen molar-refractivity contribution in [2.24, 2.45) is 4.99 Å². The van der Waals surface area contributed by atoms with Crippen LogP contribution in [-0.2, 0) is 6.54 Å². The van der Waals surface area contributed by atoms with Crippen LogP contribution in [0.5, 0.6) is 0 Å². The molecule has 1 aliphatic rings. The highest BCUT2D eigenvalue weighted by Gasteiger charge is 2.22. The van der Waals surface area contributed by atoms with Gasteiger partial charge in [0.05, 0.1) is 11.5 Å². The molecule has 0 bridgehead atoms. The molecule has 1 saturated heterocycles. The zero-order valence-corrected chi connectivity index (χ0v) is 14.8. The lowest BCUT2D eigenvalue weighted by atomic mass is 10.2. The minimum Gasteiger partial charge on any atom is -0.355 e. The molecule has 1 atom stereocenters. The monoisotopic (exact) mass is 345 g/mol. The first-order valence-corrected chi connectivity index (χ1v) is 8.74. The minimum atomic E-state index is -0.396. The van der Waals surface area contributed by atoms with Crippen molar-refractivity contribution >= 4 is 11.6 Å². The number of nitro groups is 1. The average Bonchev–Trinajstić information content (AvgIpc) is 3.09. The van der Waals surface area contributed by atoms with Gasteiger partial charge < -0.3 is 10.6 Å². The first kappa shape index (κ1) is 18.9. The lowest BCUT2D eigenvalue weighted by Crippen LogP contribution is -2.44. The molecule has 1 aromatic carbocycles. The normalized spacial score (nSPS) is 18.1. The van der Waals surface area contributed by atoms with Gasteiger partial charge in [-0.05, 0) is 31.5 Å². The third-order valence-electron chi connectivity index (χ3n) is 4.39. The van der Waals surface area contributed by atoms with Crippen LogP contribution in [0, 0.1) is 10.1 Å². The summed E-state index contributed by atoms with van der Waals surface area (Å²) < 4.78 is 0. The van der Waals surface area contributed by atoms with Gasteiger partial charge in [-0.3, -0.25) is 15.0 Å². The van der Waals surface area contributed by atoms with E-state index >= 15 is 0 Å². The fraction of sp³-hybridized carbons (Fsp3) is 0.500. The Hall–Kier alpha value is -2.41. The Labute approximate surface area is 149 Å². The summed E-state index contributed by atoms with van der Waals surface area (Å²) in [7, 11) is 0. The van der Waals surface area contributed by atoms with Crippen LogP contribution in [0.4, 0.5) is 5.69 Å². The van der Waals surface area contributed by atoms with Crippen molar-refractivity contribution in [3.8, 4) is 0 Å². The van der Waals surface area contributed by atoms with Gasteiger partial charge in [-0.25, -0.2) is 4.99 Å². The van der Waals surface area contributed by atoms with Gasteiger partial charge in [-0.1, -0.05) is 25.1 Å². The first-order chi connectivity index (χ1) is 12.1. The van der Waals surface area contributed by atoms with Crippen molar-refractivity contribution in [1.82, 2.24) is 15.5 Å². The number of nitrogens with zero attached hydrogens (tertiary/aromatic N) is 3. The number of aliphatic imine (C=N–C) groups is 1. The van der Waals surface area contributed by atoms with Crippen LogP contribution in [0.1, 0.15) is 25.3 Å². The number of nitro benzene ring substituents is 1. The number of benzene rings is 1. The molecule has 2 rings (SSSR count). The second-order valence-corrected chi connectivity index (χ2v) is 6.06. The van der Waals surface area contributed by atoms with Gasteiger partial charge in [0, 0.05) is 31.3 Å². The van der Waals surface area contributed by atoms with Crippen molar-refractivity contribution in [3.63, 3.8) is 0 Å². The van der Waals surface area contributed by atoms with E-state index in [1.54, 1.807) is 18.2 Å². The van der Waals surface area contributed by atoms with Gasteiger partial charge in [0.15, 0.2) is 5.96 Å². The largest absolute Gasteiger partial charge is 0.355 e. The Morgan fingerprint density at radius 2 is 2.20 bits per heavy atom. The van der Waals surface area contributed by atoms with E-state index in [4.69, 9.17) is 0 Å². The van der Waals surface area contributed by atoms with Crippen LogP contribution >= 0.6 is 0 Å². The van der Waals surface area contributed by atoms with Crippen LogP contribution in [0.25, 0.3) is 0 Å². The number of hydrogen-bond acceptors (Lipinski definition) is 4. The van der Waals surface area contributed by atoms with Crippen molar-refractivity contribution in [1.29, 1.82) is 0 Å². The molecule has 7 heteroatoms. The molecule has 1 fully saturated rings. The molecule has 0 radical (unpaired) electrons. The third-order valence-corrected chi connectivity index (χ3v) is 4.39. The van der Waals surface area contributed by atoms with Crippen molar-refractivity contribution in [2.75, 3.05) is 26.2 Å². The molecule has 0 aliphatic carbocycles. The summed E-state index contributed by atoms with van der Waals surface area (Å²) in [5.74, 6) is 0.737. The highest BCUT2D eigenvalue weighted by molar-refractivity contribution is 5.80. The molecule has 0 saturated carbocycles. The van der Waals surface area contributed by atoms with Crippen LogP contribution < -0.4 is 10.6 Å². The van der Waals surface area contributed by atoms with Crippen molar-refractivity contribution in [3.05, 3.63) is 52.6 Å². The summed E-state index contributed by atoms with van der Waals surface area (Å²) >= 11 is 0.